The van der Waals surface area contributed by atoms with E-state index in [1.54, 1.807) is 59.3 Å². The first-order valence-electron chi connectivity index (χ1n) is 21.5. The number of fused-ring (bicyclic) bond motifs is 1. The van der Waals surface area contributed by atoms with Crippen LogP contribution in [0.2, 0.25) is 0 Å². The van der Waals surface area contributed by atoms with Crippen LogP contribution in [0.25, 0.3) is 16.6 Å². The number of phenolic OH excluding ortho intramolecular Hbond substituents is 1. The smallest absolute Gasteiger partial charge is 0.253 e. The third-order valence-electron chi connectivity index (χ3n) is 13.0. The van der Waals surface area contributed by atoms with Gasteiger partial charge in [0.2, 0.25) is 12.3 Å². The molecule has 4 aromatic rings. The highest BCUT2D eigenvalue weighted by molar-refractivity contribution is 5.94. The van der Waals surface area contributed by atoms with Crippen molar-refractivity contribution in [3.8, 4) is 5.75 Å². The number of carbonyl (C=O) groups is 3. The van der Waals surface area contributed by atoms with E-state index in [0.717, 1.165) is 62.0 Å². The molecule has 1 atom stereocenters. The lowest BCUT2D eigenvalue weighted by atomic mass is 9.86. The van der Waals surface area contributed by atoms with Gasteiger partial charge in [-0.3, -0.25) is 19.7 Å². The number of imide groups is 1. The van der Waals surface area contributed by atoms with Gasteiger partial charge in [-0.15, -0.1) is 0 Å². The van der Waals surface area contributed by atoms with E-state index in [1.165, 1.54) is 0 Å². The normalized spacial score (nSPS) is 18.7. The standard InChI is InChI=1S/C47H59F2N9O4/c1-31-26-32(9-10-35(31)33-6-5-19-57(28-33)41(45(51)52)27-38(50)36-7-3-4-8-42(36)60)46(62)56-24-17-47(49,18-25-56)29-55-21-13-34(14-22-55)58-23-15-37-39(58)11-12-40(44(37)48)54(2)20-16-43(61)53-30-59/h3-4,7-12,15,23,26-27,30,33-34,60H,5-6,13-14,16-22,24-25,28-29,50-52H2,1-2H3,(H,53,59,61)/b38-27-. The van der Waals surface area contributed by atoms with Crippen LogP contribution in [0.1, 0.15) is 84.0 Å². The molecular formula is C47H59F2N9O4. The zero-order chi connectivity index (χ0) is 44.1. The highest BCUT2D eigenvalue weighted by Crippen LogP contribution is 2.36. The summed E-state index contributed by atoms with van der Waals surface area (Å²) >= 11 is 0. The molecule has 0 saturated carbocycles. The molecule has 3 saturated heterocycles. The van der Waals surface area contributed by atoms with Gasteiger partial charge in [0, 0.05) is 119 Å². The van der Waals surface area contributed by atoms with Crippen molar-refractivity contribution in [2.45, 2.75) is 69.5 Å². The van der Waals surface area contributed by atoms with Crippen LogP contribution in [0.15, 0.2) is 84.5 Å². The van der Waals surface area contributed by atoms with Crippen LogP contribution in [-0.2, 0) is 9.59 Å². The number of hydrogen-bond donors (Lipinski definition) is 5. The number of aromatic hydroxyl groups is 1. The second-order valence-electron chi connectivity index (χ2n) is 17.2. The second-order valence-corrected chi connectivity index (χ2v) is 17.2. The van der Waals surface area contributed by atoms with Crippen LogP contribution >= 0.6 is 0 Å². The highest BCUT2D eigenvalue weighted by atomic mass is 19.1. The van der Waals surface area contributed by atoms with Crippen molar-refractivity contribution in [2.75, 3.05) is 64.3 Å². The van der Waals surface area contributed by atoms with Gasteiger partial charge in [-0.05, 0) is 92.3 Å². The number of rotatable bonds is 13. The maximum atomic E-state index is 16.4. The second kappa shape index (κ2) is 18.9. The topological polar surface area (TPSA) is 179 Å². The summed E-state index contributed by atoms with van der Waals surface area (Å²) < 4.78 is 34.1. The van der Waals surface area contributed by atoms with Gasteiger partial charge in [0.25, 0.3) is 5.91 Å². The van der Waals surface area contributed by atoms with Crippen LogP contribution < -0.4 is 27.4 Å². The summed E-state index contributed by atoms with van der Waals surface area (Å²) in [5.74, 6) is -0.477. The number of anilines is 1. The number of allylic oxidation sites excluding steroid dienone is 1. The van der Waals surface area contributed by atoms with E-state index >= 15 is 8.78 Å². The largest absolute Gasteiger partial charge is 0.507 e. The number of alkyl halides is 1. The zero-order valence-electron chi connectivity index (χ0n) is 35.7. The molecule has 62 heavy (non-hydrogen) atoms. The molecule has 0 bridgehead atoms. The van der Waals surface area contributed by atoms with Crippen molar-refractivity contribution >= 4 is 40.5 Å². The predicted molar refractivity (Wildman–Crippen MR) is 238 cm³/mol. The minimum atomic E-state index is -1.39. The number of piperidine rings is 3. The lowest BCUT2D eigenvalue weighted by Gasteiger charge is -2.41. The van der Waals surface area contributed by atoms with Crippen LogP contribution in [0.3, 0.4) is 0 Å². The van der Waals surface area contributed by atoms with E-state index in [9.17, 15) is 19.5 Å². The van der Waals surface area contributed by atoms with E-state index in [1.807, 2.05) is 37.4 Å². The van der Waals surface area contributed by atoms with Crippen molar-refractivity contribution in [3.63, 3.8) is 0 Å². The van der Waals surface area contributed by atoms with Gasteiger partial charge < -0.3 is 46.5 Å². The summed E-state index contributed by atoms with van der Waals surface area (Å²) in [4.78, 5) is 43.7. The number of likely N-dealkylation sites (tertiary alicyclic amines) is 3. The predicted octanol–water partition coefficient (Wildman–Crippen LogP) is 5.44. The fraction of sp³-hybridized carbons (Fsp3) is 0.426. The number of amides is 3. The molecule has 7 rings (SSSR count). The molecule has 4 heterocycles. The number of nitrogens with one attached hydrogen (secondary N) is 1. The maximum absolute atomic E-state index is 16.4. The lowest BCUT2D eigenvalue weighted by Crippen LogP contribution is -2.51. The van der Waals surface area contributed by atoms with Gasteiger partial charge in [0.1, 0.15) is 17.2 Å². The Labute approximate surface area is 361 Å². The molecule has 8 N–H and O–H groups in total. The van der Waals surface area contributed by atoms with Crippen LogP contribution in [0.5, 0.6) is 5.75 Å². The van der Waals surface area contributed by atoms with E-state index < -0.39 is 11.6 Å². The fourth-order valence-corrected chi connectivity index (χ4v) is 9.56. The van der Waals surface area contributed by atoms with E-state index in [-0.39, 0.29) is 61.1 Å². The molecular weight excluding hydrogens is 793 g/mol. The molecule has 15 heteroatoms. The van der Waals surface area contributed by atoms with Crippen molar-refractivity contribution in [1.29, 1.82) is 0 Å². The zero-order valence-corrected chi connectivity index (χ0v) is 35.7. The molecule has 3 aliphatic rings. The van der Waals surface area contributed by atoms with Crippen LogP contribution in [0, 0.1) is 12.7 Å². The first-order chi connectivity index (χ1) is 29.7. The molecule has 0 spiro atoms. The molecule has 3 amide bonds. The van der Waals surface area contributed by atoms with Crippen molar-refractivity contribution < 1.29 is 28.3 Å². The molecule has 1 unspecified atom stereocenters. The van der Waals surface area contributed by atoms with Crippen LogP contribution in [-0.4, -0.2) is 108 Å². The van der Waals surface area contributed by atoms with Gasteiger partial charge in [-0.2, -0.15) is 0 Å². The fourth-order valence-electron chi connectivity index (χ4n) is 9.56. The summed E-state index contributed by atoms with van der Waals surface area (Å²) in [6, 6.07) is 18.3. The van der Waals surface area contributed by atoms with Gasteiger partial charge >= 0.3 is 0 Å². The Bertz CT molecular complexity index is 2340. The Morgan fingerprint density at radius 2 is 1.71 bits per heavy atom. The Hall–Kier alpha value is -6.09. The Morgan fingerprint density at radius 1 is 0.968 bits per heavy atom. The summed E-state index contributed by atoms with van der Waals surface area (Å²) in [5, 5.41) is 12.9. The molecule has 3 aliphatic heterocycles. The number of phenols is 1. The maximum Gasteiger partial charge on any atom is 0.253 e. The third kappa shape index (κ3) is 9.67. The number of nitrogens with zero attached hydrogens (tertiary/aromatic N) is 5. The van der Waals surface area contributed by atoms with Crippen molar-refractivity contribution in [1.82, 2.24) is 24.6 Å². The van der Waals surface area contributed by atoms with Crippen LogP contribution in [0.4, 0.5) is 14.5 Å². The van der Waals surface area contributed by atoms with E-state index in [2.05, 4.69) is 19.7 Å². The first kappa shape index (κ1) is 44.0. The number of para-hydroxylation sites is 1. The Balaban J connectivity index is 0.905. The van der Waals surface area contributed by atoms with Gasteiger partial charge in [0.05, 0.1) is 16.9 Å². The summed E-state index contributed by atoms with van der Waals surface area (Å²) in [5.41, 5.74) is 22.7. The number of aryl methyl sites for hydroxylation is 1. The Morgan fingerprint density at radius 3 is 2.40 bits per heavy atom. The summed E-state index contributed by atoms with van der Waals surface area (Å²) in [7, 11) is 1.71. The minimum Gasteiger partial charge on any atom is -0.507 e. The van der Waals surface area contributed by atoms with Crippen molar-refractivity contribution in [2.24, 2.45) is 17.2 Å². The molecule has 0 aliphatic carbocycles. The summed E-state index contributed by atoms with van der Waals surface area (Å²) in [6.07, 6.45) is 8.06. The summed E-state index contributed by atoms with van der Waals surface area (Å²) in [6.45, 7) is 6.14. The average molecular weight is 852 g/mol. The third-order valence-corrected chi connectivity index (χ3v) is 13.0. The Kier molecular flexibility index (Phi) is 13.4. The van der Waals surface area contributed by atoms with E-state index in [0.29, 0.717) is 66.2 Å². The number of hydrogen-bond acceptors (Lipinski definition) is 10. The van der Waals surface area contributed by atoms with Crippen molar-refractivity contribution in [3.05, 3.63) is 113 Å². The first-order valence-corrected chi connectivity index (χ1v) is 21.5. The highest BCUT2D eigenvalue weighted by Gasteiger charge is 2.39. The number of benzene rings is 3. The lowest BCUT2D eigenvalue weighted by molar-refractivity contribution is -0.125. The molecule has 3 aromatic carbocycles. The average Bonchev–Trinajstić information content (AvgIpc) is 3.70. The van der Waals surface area contributed by atoms with Gasteiger partial charge in [-0.1, -0.05) is 18.2 Å². The number of nitrogens with two attached hydrogens (primary N) is 3. The molecule has 13 nitrogen and oxygen atoms in total. The molecule has 0 radical (unpaired) electrons. The minimum absolute atomic E-state index is 0.0619. The SMILES string of the molecule is Cc1cc(C(=O)N2CCC(F)(CN3CCC(n4ccc5c(F)c(N(C)CCC(=O)NC=O)ccc54)CC3)CC2)ccc1C1CCCN(C(/C=C(\N)c2ccccc2O)=C(N)N)C1. The number of aromatic nitrogens is 1. The molecule has 330 valence electrons. The quantitative estimate of drug-likeness (QED) is 0.0860. The molecule has 3 fully saturated rings. The monoisotopic (exact) mass is 851 g/mol. The van der Waals surface area contributed by atoms with E-state index in [4.69, 9.17) is 17.2 Å². The van der Waals surface area contributed by atoms with Gasteiger partial charge in [0.15, 0.2) is 5.82 Å². The number of carbonyl (C=O) groups excluding carboxylic acids is 3. The van der Waals surface area contributed by atoms with Gasteiger partial charge in [-0.25, -0.2) is 8.78 Å². The number of halogens is 2. The molecule has 1 aromatic heterocycles.